The van der Waals surface area contributed by atoms with Crippen molar-refractivity contribution in [3.8, 4) is 6.07 Å². The number of halogens is 1. The van der Waals surface area contributed by atoms with E-state index < -0.39 is 15.8 Å². The second-order valence-electron chi connectivity index (χ2n) is 6.36. The van der Waals surface area contributed by atoms with E-state index >= 15 is 0 Å². The summed E-state index contributed by atoms with van der Waals surface area (Å²) >= 11 is 0. The molecule has 1 heterocycles. The molecule has 0 spiro atoms. The van der Waals surface area contributed by atoms with Gasteiger partial charge in [0.05, 0.1) is 16.5 Å². The highest BCUT2D eigenvalue weighted by atomic mass is 32.2. The molecule has 0 aliphatic carbocycles. The van der Waals surface area contributed by atoms with Crippen LogP contribution in [0.1, 0.15) is 22.8 Å². The minimum atomic E-state index is -3.71. The van der Waals surface area contributed by atoms with Crippen LogP contribution in [0.4, 0.5) is 4.39 Å². The molecule has 1 unspecified atom stereocenters. The molecule has 1 atom stereocenters. The van der Waals surface area contributed by atoms with Crippen molar-refractivity contribution in [2.45, 2.75) is 17.9 Å². The Morgan fingerprint density at radius 1 is 1.19 bits per heavy atom. The summed E-state index contributed by atoms with van der Waals surface area (Å²) in [6.45, 7) is 2.26. The van der Waals surface area contributed by atoms with Crippen LogP contribution in [0.5, 0.6) is 0 Å². The number of carbonyl (C=O) groups excluding carboxylic acids is 1. The standard InChI is InChI=1S/C19H18FN3O3S/c1-14-13-22(27(25,26)18-7-5-15(12-21)6-8-18)9-10-23(14)19(24)16-3-2-4-17(20)11-16/h2-8,11,14H,9-10,13H2,1H3. The Labute approximate surface area is 157 Å². The normalized spacial score (nSPS) is 18.1. The third kappa shape index (κ3) is 3.84. The highest BCUT2D eigenvalue weighted by molar-refractivity contribution is 7.89. The Hall–Kier alpha value is -2.76. The molecular weight excluding hydrogens is 369 g/mol. The number of nitriles is 1. The van der Waals surface area contributed by atoms with Gasteiger partial charge < -0.3 is 4.90 Å². The average Bonchev–Trinajstić information content (AvgIpc) is 2.67. The molecule has 0 aromatic heterocycles. The maximum absolute atomic E-state index is 13.4. The summed E-state index contributed by atoms with van der Waals surface area (Å²) in [7, 11) is -3.71. The fraction of sp³-hybridized carbons (Fsp3) is 0.263. The van der Waals surface area contributed by atoms with Crippen molar-refractivity contribution in [3.63, 3.8) is 0 Å². The molecule has 0 saturated carbocycles. The Kier molecular flexibility index (Phi) is 5.26. The second kappa shape index (κ2) is 7.47. The number of rotatable bonds is 3. The molecule has 1 aliphatic heterocycles. The molecular formula is C19H18FN3O3S. The minimum absolute atomic E-state index is 0.110. The van der Waals surface area contributed by atoms with Gasteiger partial charge in [0.1, 0.15) is 5.82 Å². The zero-order chi connectivity index (χ0) is 19.6. The molecule has 0 N–H and O–H groups in total. The first-order chi connectivity index (χ1) is 12.8. The quantitative estimate of drug-likeness (QED) is 0.809. The van der Waals surface area contributed by atoms with E-state index in [0.717, 1.165) is 0 Å². The lowest BCUT2D eigenvalue weighted by molar-refractivity contribution is 0.0591. The Bertz CT molecular complexity index is 1000. The highest BCUT2D eigenvalue weighted by Crippen LogP contribution is 2.22. The summed E-state index contributed by atoms with van der Waals surface area (Å²) in [6, 6.07) is 12.8. The lowest BCUT2D eigenvalue weighted by Crippen LogP contribution is -2.55. The van der Waals surface area contributed by atoms with Gasteiger partial charge in [0.25, 0.3) is 5.91 Å². The SMILES string of the molecule is CC1CN(S(=O)(=O)c2ccc(C#N)cc2)CCN1C(=O)c1cccc(F)c1. The summed E-state index contributed by atoms with van der Waals surface area (Å²) in [5.74, 6) is -0.812. The number of amides is 1. The molecule has 0 radical (unpaired) electrons. The molecule has 2 aromatic carbocycles. The lowest BCUT2D eigenvalue weighted by atomic mass is 10.1. The molecule has 140 valence electrons. The van der Waals surface area contributed by atoms with Crippen molar-refractivity contribution in [3.05, 3.63) is 65.5 Å². The first-order valence-electron chi connectivity index (χ1n) is 8.40. The topological polar surface area (TPSA) is 81.5 Å². The summed E-state index contributed by atoms with van der Waals surface area (Å²) in [4.78, 5) is 14.3. The second-order valence-corrected chi connectivity index (χ2v) is 8.30. The van der Waals surface area contributed by atoms with Crippen molar-refractivity contribution >= 4 is 15.9 Å². The van der Waals surface area contributed by atoms with E-state index in [2.05, 4.69) is 0 Å². The van der Waals surface area contributed by atoms with Crippen LogP contribution in [-0.2, 0) is 10.0 Å². The van der Waals surface area contributed by atoms with Crippen molar-refractivity contribution in [1.29, 1.82) is 5.26 Å². The highest BCUT2D eigenvalue weighted by Gasteiger charge is 2.34. The fourth-order valence-electron chi connectivity index (χ4n) is 3.08. The number of hydrogen-bond acceptors (Lipinski definition) is 4. The zero-order valence-corrected chi connectivity index (χ0v) is 15.5. The molecule has 6 nitrogen and oxygen atoms in total. The van der Waals surface area contributed by atoms with E-state index in [-0.39, 0.29) is 42.0 Å². The average molecular weight is 387 g/mol. The predicted molar refractivity (Wildman–Crippen MR) is 96.8 cm³/mol. The molecule has 1 saturated heterocycles. The molecule has 1 aliphatic rings. The van der Waals surface area contributed by atoms with Gasteiger partial charge in [-0.1, -0.05) is 6.07 Å². The summed E-state index contributed by atoms with van der Waals surface area (Å²) in [5, 5.41) is 8.84. The van der Waals surface area contributed by atoms with E-state index in [1.54, 1.807) is 11.8 Å². The maximum Gasteiger partial charge on any atom is 0.254 e. The number of piperazine rings is 1. The van der Waals surface area contributed by atoms with Crippen LogP contribution in [0.2, 0.25) is 0 Å². The third-order valence-electron chi connectivity index (χ3n) is 4.54. The lowest BCUT2D eigenvalue weighted by Gasteiger charge is -2.39. The van der Waals surface area contributed by atoms with E-state index in [4.69, 9.17) is 5.26 Å². The van der Waals surface area contributed by atoms with Crippen LogP contribution in [0.3, 0.4) is 0 Å². The van der Waals surface area contributed by atoms with Gasteiger partial charge in [0.15, 0.2) is 0 Å². The van der Waals surface area contributed by atoms with Gasteiger partial charge in [-0.05, 0) is 49.4 Å². The molecule has 2 aromatic rings. The monoisotopic (exact) mass is 387 g/mol. The smallest absolute Gasteiger partial charge is 0.254 e. The largest absolute Gasteiger partial charge is 0.333 e. The number of benzene rings is 2. The van der Waals surface area contributed by atoms with Crippen molar-refractivity contribution in [2.24, 2.45) is 0 Å². The van der Waals surface area contributed by atoms with Gasteiger partial charge in [0.2, 0.25) is 10.0 Å². The van der Waals surface area contributed by atoms with E-state index in [9.17, 15) is 17.6 Å². The van der Waals surface area contributed by atoms with Crippen LogP contribution in [-0.4, -0.2) is 49.2 Å². The third-order valence-corrected chi connectivity index (χ3v) is 6.42. The summed E-state index contributed by atoms with van der Waals surface area (Å²) < 4.78 is 40.3. The van der Waals surface area contributed by atoms with Crippen molar-refractivity contribution < 1.29 is 17.6 Å². The first kappa shape index (κ1) is 19.0. The van der Waals surface area contributed by atoms with E-state index in [0.29, 0.717) is 5.56 Å². The van der Waals surface area contributed by atoms with Crippen LogP contribution in [0, 0.1) is 17.1 Å². The molecule has 0 bridgehead atoms. The Morgan fingerprint density at radius 2 is 1.89 bits per heavy atom. The van der Waals surface area contributed by atoms with Crippen molar-refractivity contribution in [2.75, 3.05) is 19.6 Å². The van der Waals surface area contributed by atoms with Gasteiger partial charge in [-0.15, -0.1) is 0 Å². The number of sulfonamides is 1. The molecule has 8 heteroatoms. The van der Waals surface area contributed by atoms with Gasteiger partial charge in [0, 0.05) is 31.2 Å². The number of nitrogens with zero attached hydrogens (tertiary/aromatic N) is 3. The fourth-order valence-corrected chi connectivity index (χ4v) is 4.59. The van der Waals surface area contributed by atoms with Gasteiger partial charge >= 0.3 is 0 Å². The van der Waals surface area contributed by atoms with Crippen molar-refractivity contribution in [1.82, 2.24) is 9.21 Å². The minimum Gasteiger partial charge on any atom is -0.333 e. The van der Waals surface area contributed by atoms with E-state index in [1.165, 1.54) is 52.8 Å². The number of carbonyl (C=O) groups is 1. The van der Waals surface area contributed by atoms with Crippen LogP contribution in [0.25, 0.3) is 0 Å². The molecule has 1 fully saturated rings. The van der Waals surface area contributed by atoms with Crippen LogP contribution >= 0.6 is 0 Å². The number of hydrogen-bond donors (Lipinski definition) is 0. The first-order valence-corrected chi connectivity index (χ1v) is 9.84. The maximum atomic E-state index is 13.4. The van der Waals surface area contributed by atoms with Crippen LogP contribution in [0.15, 0.2) is 53.4 Å². The van der Waals surface area contributed by atoms with E-state index in [1.807, 2.05) is 6.07 Å². The molecule has 1 amide bonds. The van der Waals surface area contributed by atoms with Gasteiger partial charge in [-0.2, -0.15) is 9.57 Å². The zero-order valence-electron chi connectivity index (χ0n) is 14.7. The Balaban J connectivity index is 1.76. The Morgan fingerprint density at radius 3 is 2.48 bits per heavy atom. The predicted octanol–water partition coefficient (Wildman–Crippen LogP) is 2.23. The summed E-state index contributed by atoms with van der Waals surface area (Å²) in [6.07, 6.45) is 0. The van der Waals surface area contributed by atoms with Gasteiger partial charge in [-0.25, -0.2) is 12.8 Å². The van der Waals surface area contributed by atoms with Crippen LogP contribution < -0.4 is 0 Å². The molecule has 27 heavy (non-hydrogen) atoms. The van der Waals surface area contributed by atoms with Gasteiger partial charge in [-0.3, -0.25) is 4.79 Å². The summed E-state index contributed by atoms with van der Waals surface area (Å²) in [5.41, 5.74) is 0.623. The molecule has 3 rings (SSSR count).